The van der Waals surface area contributed by atoms with Crippen LogP contribution in [-0.2, 0) is 20.8 Å². The lowest BCUT2D eigenvalue weighted by molar-refractivity contribution is -0.168. The van der Waals surface area contributed by atoms with Crippen molar-refractivity contribution >= 4 is 23.3 Å². The molecule has 0 spiro atoms. The van der Waals surface area contributed by atoms with Gasteiger partial charge in [0.1, 0.15) is 5.60 Å². The summed E-state index contributed by atoms with van der Waals surface area (Å²) in [7, 11) is 1.64. The van der Waals surface area contributed by atoms with Gasteiger partial charge in [-0.2, -0.15) is 0 Å². The largest absolute Gasteiger partial charge is 0.459 e. The van der Waals surface area contributed by atoms with E-state index in [0.29, 0.717) is 11.6 Å². The molecular formula is C23H28ClNO3. The van der Waals surface area contributed by atoms with Gasteiger partial charge in [-0.15, -0.1) is 0 Å². The van der Waals surface area contributed by atoms with E-state index < -0.39 is 11.0 Å². The highest BCUT2D eigenvalue weighted by Crippen LogP contribution is 2.58. The fourth-order valence-corrected chi connectivity index (χ4v) is 3.59. The van der Waals surface area contributed by atoms with Crippen LogP contribution in [0.25, 0.3) is 0 Å². The number of rotatable bonds is 7. The molecule has 3 rings (SSSR count). The number of methoxy groups -OCH3 is 1. The maximum Gasteiger partial charge on any atom is 0.315 e. The van der Waals surface area contributed by atoms with E-state index in [1.807, 2.05) is 57.2 Å². The second-order valence-electron chi connectivity index (χ2n) is 8.35. The van der Waals surface area contributed by atoms with Crippen molar-refractivity contribution < 1.29 is 14.3 Å². The predicted octanol–water partition coefficient (Wildman–Crippen LogP) is 5.76. The van der Waals surface area contributed by atoms with Crippen molar-refractivity contribution in [2.75, 3.05) is 12.4 Å². The molecule has 1 saturated carbocycles. The Morgan fingerprint density at radius 2 is 1.86 bits per heavy atom. The zero-order valence-electron chi connectivity index (χ0n) is 16.9. The summed E-state index contributed by atoms with van der Waals surface area (Å²) in [6.45, 7) is 6.32. The van der Waals surface area contributed by atoms with Gasteiger partial charge >= 0.3 is 5.97 Å². The average molecular weight is 402 g/mol. The summed E-state index contributed by atoms with van der Waals surface area (Å²) >= 11 is 6.39. The third-order valence-electron chi connectivity index (χ3n) is 4.95. The van der Waals surface area contributed by atoms with Crippen molar-refractivity contribution in [3.8, 4) is 0 Å². The first kappa shape index (κ1) is 20.7. The lowest BCUT2D eigenvalue weighted by atomic mass is 9.92. The minimum Gasteiger partial charge on any atom is -0.459 e. The van der Waals surface area contributed by atoms with Gasteiger partial charge in [0, 0.05) is 13.7 Å². The molecule has 4 nitrogen and oxygen atoms in total. The van der Waals surface area contributed by atoms with Gasteiger partial charge in [0.25, 0.3) is 0 Å². The maximum atomic E-state index is 12.8. The molecule has 1 aliphatic carbocycles. The lowest BCUT2D eigenvalue weighted by Gasteiger charge is -2.29. The summed E-state index contributed by atoms with van der Waals surface area (Å²) in [6.07, 6.45) is 1.16. The van der Waals surface area contributed by atoms with Gasteiger partial charge < -0.3 is 14.8 Å². The molecule has 28 heavy (non-hydrogen) atoms. The number of hydrogen-bond donors (Lipinski definition) is 1. The highest BCUT2D eigenvalue weighted by molar-refractivity contribution is 6.33. The maximum absolute atomic E-state index is 12.8. The molecule has 0 aliphatic heterocycles. The second kappa shape index (κ2) is 8.14. The molecule has 1 atom stereocenters. The van der Waals surface area contributed by atoms with Gasteiger partial charge in [0.2, 0.25) is 0 Å². The van der Waals surface area contributed by atoms with E-state index in [2.05, 4.69) is 17.4 Å². The summed E-state index contributed by atoms with van der Waals surface area (Å²) in [4.78, 5) is 12.8. The molecule has 0 bridgehead atoms. The van der Waals surface area contributed by atoms with Gasteiger partial charge in [-0.1, -0.05) is 48.0 Å². The quantitative estimate of drug-likeness (QED) is 0.599. The zero-order valence-corrected chi connectivity index (χ0v) is 17.7. The monoisotopic (exact) mass is 401 g/mol. The first-order chi connectivity index (χ1) is 13.2. The first-order valence-electron chi connectivity index (χ1n) is 9.59. The van der Waals surface area contributed by atoms with E-state index in [1.54, 1.807) is 7.11 Å². The molecule has 0 aromatic heterocycles. The number of hydrogen-bond acceptors (Lipinski definition) is 4. The average Bonchev–Trinajstić information content (AvgIpc) is 3.44. The van der Waals surface area contributed by atoms with Gasteiger partial charge in [0.05, 0.1) is 22.2 Å². The Morgan fingerprint density at radius 3 is 2.43 bits per heavy atom. The molecule has 1 unspecified atom stereocenters. The third kappa shape index (κ3) is 4.68. The third-order valence-corrected chi connectivity index (χ3v) is 5.28. The molecule has 1 N–H and O–H groups in total. The molecule has 1 fully saturated rings. The van der Waals surface area contributed by atoms with Crippen LogP contribution in [0.5, 0.6) is 0 Å². The smallest absolute Gasteiger partial charge is 0.315 e. The SMILES string of the molecule is COC(c1ccc(Cl)c(NCc2ccccc2)c1)C1(C(=O)OC(C)(C)C)CC1. The number of ether oxygens (including phenoxy) is 2. The first-order valence-corrected chi connectivity index (χ1v) is 9.96. The Balaban J connectivity index is 1.80. The van der Waals surface area contributed by atoms with Crippen LogP contribution in [0.2, 0.25) is 5.02 Å². The summed E-state index contributed by atoms with van der Waals surface area (Å²) in [5, 5.41) is 4.02. The molecule has 0 radical (unpaired) electrons. The number of carbonyl (C=O) groups is 1. The number of nitrogens with one attached hydrogen (secondary N) is 1. The van der Waals surface area contributed by atoms with Crippen molar-refractivity contribution in [2.45, 2.75) is 51.9 Å². The fourth-order valence-electron chi connectivity index (χ4n) is 3.40. The van der Waals surface area contributed by atoms with Crippen molar-refractivity contribution in [1.29, 1.82) is 0 Å². The Labute approximate surface area is 172 Å². The van der Waals surface area contributed by atoms with Gasteiger partial charge in [-0.3, -0.25) is 4.79 Å². The number of esters is 1. The highest BCUT2D eigenvalue weighted by Gasteiger charge is 2.58. The van der Waals surface area contributed by atoms with Gasteiger partial charge in [0.15, 0.2) is 0 Å². The van der Waals surface area contributed by atoms with E-state index in [1.165, 1.54) is 5.56 Å². The molecule has 0 heterocycles. The summed E-state index contributed by atoms with van der Waals surface area (Å²) in [6, 6.07) is 15.9. The van der Waals surface area contributed by atoms with Gasteiger partial charge in [-0.25, -0.2) is 0 Å². The topological polar surface area (TPSA) is 47.6 Å². The molecule has 2 aromatic rings. The number of halogens is 1. The van der Waals surface area contributed by atoms with E-state index >= 15 is 0 Å². The molecule has 1 aliphatic rings. The minimum absolute atomic E-state index is 0.194. The summed E-state index contributed by atoms with van der Waals surface area (Å²) in [5.74, 6) is -0.194. The highest BCUT2D eigenvalue weighted by atomic mass is 35.5. The van der Waals surface area contributed by atoms with Crippen LogP contribution in [0.1, 0.15) is 50.8 Å². The van der Waals surface area contributed by atoms with Crippen LogP contribution in [0.15, 0.2) is 48.5 Å². The van der Waals surface area contributed by atoms with Crippen LogP contribution in [-0.4, -0.2) is 18.7 Å². The van der Waals surface area contributed by atoms with E-state index in [0.717, 1.165) is 24.1 Å². The van der Waals surface area contributed by atoms with Crippen molar-refractivity contribution in [3.05, 3.63) is 64.7 Å². The second-order valence-corrected chi connectivity index (χ2v) is 8.76. The fraction of sp³-hybridized carbons (Fsp3) is 0.435. The lowest BCUT2D eigenvalue weighted by Crippen LogP contribution is -2.33. The Morgan fingerprint density at radius 1 is 1.18 bits per heavy atom. The molecule has 0 amide bonds. The molecule has 5 heteroatoms. The molecule has 150 valence electrons. The van der Waals surface area contributed by atoms with Crippen LogP contribution in [0.3, 0.4) is 0 Å². The molecule has 0 saturated heterocycles. The molecular weight excluding hydrogens is 374 g/mol. The number of anilines is 1. The number of carbonyl (C=O) groups excluding carboxylic acids is 1. The van der Waals surface area contributed by atoms with Crippen LogP contribution < -0.4 is 5.32 Å². The normalized spacial score (nSPS) is 16.3. The van der Waals surface area contributed by atoms with Crippen molar-refractivity contribution in [1.82, 2.24) is 0 Å². The Bertz CT molecular complexity index is 825. The van der Waals surface area contributed by atoms with Crippen LogP contribution >= 0.6 is 11.6 Å². The zero-order chi connectivity index (χ0) is 20.4. The Kier molecular flexibility index (Phi) is 6.01. The van der Waals surface area contributed by atoms with Gasteiger partial charge in [-0.05, 0) is 56.9 Å². The van der Waals surface area contributed by atoms with Crippen LogP contribution in [0, 0.1) is 5.41 Å². The van der Waals surface area contributed by atoms with E-state index in [4.69, 9.17) is 21.1 Å². The van der Waals surface area contributed by atoms with Crippen LogP contribution in [0.4, 0.5) is 5.69 Å². The van der Waals surface area contributed by atoms with E-state index in [9.17, 15) is 4.79 Å². The van der Waals surface area contributed by atoms with E-state index in [-0.39, 0.29) is 12.1 Å². The summed E-state index contributed by atoms with van der Waals surface area (Å²) in [5.41, 5.74) is 1.77. The standard InChI is InChI=1S/C23H28ClNO3/c1-22(2,3)28-21(26)23(12-13-23)20(27-4)17-10-11-18(24)19(14-17)25-15-16-8-6-5-7-9-16/h5-11,14,20,25H,12-13,15H2,1-4H3. The molecule has 2 aromatic carbocycles. The predicted molar refractivity (Wildman–Crippen MR) is 112 cm³/mol. The van der Waals surface area contributed by atoms with Crippen molar-refractivity contribution in [2.24, 2.45) is 5.41 Å². The number of benzene rings is 2. The minimum atomic E-state index is -0.618. The van der Waals surface area contributed by atoms with Crippen molar-refractivity contribution in [3.63, 3.8) is 0 Å². The Hall–Kier alpha value is -2.04. The summed E-state index contributed by atoms with van der Waals surface area (Å²) < 4.78 is 11.5.